The molecule has 1 amide bonds. The van der Waals surface area contributed by atoms with E-state index < -0.39 is 27.3 Å². The number of nitrogens with zero attached hydrogens (tertiary/aromatic N) is 1. The van der Waals surface area contributed by atoms with Crippen LogP contribution in [0, 0.1) is 17.8 Å². The molecule has 2 aromatic rings. The van der Waals surface area contributed by atoms with Crippen molar-refractivity contribution in [2.75, 3.05) is 51.5 Å². The van der Waals surface area contributed by atoms with Gasteiger partial charge in [0.1, 0.15) is 5.75 Å². The number of hydrogen-bond donors (Lipinski definition) is 2. The van der Waals surface area contributed by atoms with Crippen molar-refractivity contribution in [1.29, 1.82) is 0 Å². The lowest BCUT2D eigenvalue weighted by molar-refractivity contribution is 0.0456. The van der Waals surface area contributed by atoms with E-state index in [4.69, 9.17) is 25.8 Å². The highest BCUT2D eigenvalue weighted by Crippen LogP contribution is 2.46. The molecule has 0 radical (unpaired) electrons. The summed E-state index contributed by atoms with van der Waals surface area (Å²) in [5.41, 5.74) is 3.17. The molecule has 5 rings (SSSR count). The van der Waals surface area contributed by atoms with E-state index in [0.29, 0.717) is 45.1 Å². The first kappa shape index (κ1) is 40.3. The lowest BCUT2D eigenvalue weighted by atomic mass is 9.68. The number of nitrogens with one attached hydrogen (secondary N) is 1. The van der Waals surface area contributed by atoms with Gasteiger partial charge in [-0.2, -0.15) is 0 Å². The van der Waals surface area contributed by atoms with Gasteiger partial charge in [-0.05, 0) is 111 Å². The van der Waals surface area contributed by atoms with Crippen LogP contribution in [0.1, 0.15) is 86.7 Å². The van der Waals surface area contributed by atoms with Crippen molar-refractivity contribution < 1.29 is 32.5 Å². The van der Waals surface area contributed by atoms with Gasteiger partial charge >= 0.3 is 0 Å². The van der Waals surface area contributed by atoms with Gasteiger partial charge in [0.05, 0.1) is 36.9 Å². The Hall–Kier alpha value is -2.89. The number of allylic oxidation sites excluding steroid dienone is 2. The number of aliphatic hydroxyl groups is 1. The van der Waals surface area contributed by atoms with Crippen LogP contribution in [0.2, 0.25) is 5.02 Å². The number of ether oxygens (including phenoxy) is 3. The Labute approximate surface area is 315 Å². The number of methoxy groups -OCH3 is 1. The van der Waals surface area contributed by atoms with Crippen LogP contribution in [0.25, 0.3) is 0 Å². The summed E-state index contributed by atoms with van der Waals surface area (Å²) < 4.78 is 47.2. The fraction of sp³-hybridized carbons (Fsp3) is 0.585. The molecule has 1 saturated carbocycles. The van der Waals surface area contributed by atoms with E-state index in [1.54, 1.807) is 31.4 Å². The average molecular weight is 757 g/mol. The molecule has 286 valence electrons. The van der Waals surface area contributed by atoms with Crippen molar-refractivity contribution in [3.8, 4) is 5.75 Å². The first-order valence-electron chi connectivity index (χ1n) is 18.9. The minimum atomic E-state index is -4.07. The third-order valence-corrected chi connectivity index (χ3v) is 13.4. The van der Waals surface area contributed by atoms with Gasteiger partial charge in [-0.1, -0.05) is 56.2 Å². The second-order valence-corrected chi connectivity index (χ2v) is 17.2. The standard InChI is InChI=1S/C41H57ClN2O7S/c1-5-7-8-12-37(45)34-16-13-32(34)26-44-27-41(20-9-11-30-24-33(42)15-17-35(30)41)28-51-38-18-14-31(25-36(38)44)40(46)43-52(47,48)39(29(3)10-6-2)19-21-50-23-22-49-4/h6,8,12,14-15,17-18,24-25,29,32,34,37,39,45H,2,5,7,9-11,13,16,19-23,26-28H2,1,3-4H3,(H,43,46)/b12-8+/t29-,32-,34+,37-,39+,41-/m0/s1. The molecule has 1 spiro atoms. The smallest absolute Gasteiger partial charge is 0.264 e. The maximum atomic E-state index is 13.8. The predicted molar refractivity (Wildman–Crippen MR) is 208 cm³/mol. The molecule has 3 aliphatic rings. The van der Waals surface area contributed by atoms with E-state index in [9.17, 15) is 18.3 Å². The highest BCUT2D eigenvalue weighted by atomic mass is 35.5. The van der Waals surface area contributed by atoms with E-state index in [-0.39, 0.29) is 41.8 Å². The van der Waals surface area contributed by atoms with Crippen LogP contribution in [0.3, 0.4) is 0 Å². The summed E-state index contributed by atoms with van der Waals surface area (Å²) in [4.78, 5) is 16.1. The quantitative estimate of drug-likeness (QED) is 0.121. The van der Waals surface area contributed by atoms with Crippen LogP contribution in [-0.4, -0.2) is 77.4 Å². The molecule has 0 bridgehead atoms. The SMILES string of the molecule is C=CC[C@H](C)[C@@H](CCOCCOC)S(=O)(=O)NC(=O)c1ccc2c(c1)N(C[C@@H]1CC[C@H]1[C@@H](O)/C=C/CCC)C[C@@]1(CCCc3cc(Cl)ccc31)CO2. The zero-order chi connectivity index (χ0) is 37.3. The van der Waals surface area contributed by atoms with Crippen molar-refractivity contribution in [1.82, 2.24) is 4.72 Å². The third-order valence-electron chi connectivity index (χ3n) is 11.2. The maximum absolute atomic E-state index is 13.8. The molecule has 0 unspecified atom stereocenters. The average Bonchev–Trinajstić information content (AvgIpc) is 3.24. The number of anilines is 1. The number of carbonyl (C=O) groups excluding carboxylic acids is 1. The minimum Gasteiger partial charge on any atom is -0.490 e. The summed E-state index contributed by atoms with van der Waals surface area (Å²) in [6.07, 6.45) is 12.7. The molecule has 0 aromatic heterocycles. The number of aryl methyl sites for hydroxylation is 1. The second kappa shape index (κ2) is 18.4. The Kier molecular flexibility index (Phi) is 14.3. The van der Waals surface area contributed by atoms with Gasteiger partial charge in [0.15, 0.2) is 0 Å². The predicted octanol–water partition coefficient (Wildman–Crippen LogP) is 7.25. The second-order valence-electron chi connectivity index (χ2n) is 14.9. The van der Waals surface area contributed by atoms with Crippen molar-refractivity contribution in [3.63, 3.8) is 0 Å². The number of sulfonamides is 1. The first-order chi connectivity index (χ1) is 25.0. The van der Waals surface area contributed by atoms with Crippen molar-refractivity contribution in [2.24, 2.45) is 17.8 Å². The zero-order valence-electron chi connectivity index (χ0n) is 31.0. The van der Waals surface area contributed by atoms with Crippen LogP contribution in [0.4, 0.5) is 5.69 Å². The molecule has 2 aromatic carbocycles. The zero-order valence-corrected chi connectivity index (χ0v) is 32.6. The van der Waals surface area contributed by atoms with Crippen LogP contribution in [-0.2, 0) is 31.3 Å². The number of hydrogen-bond acceptors (Lipinski definition) is 8. The highest BCUT2D eigenvalue weighted by Gasteiger charge is 2.44. The van der Waals surface area contributed by atoms with Gasteiger partial charge in [0.2, 0.25) is 10.0 Å². The molecule has 2 aliphatic carbocycles. The van der Waals surface area contributed by atoms with Crippen LogP contribution in [0.5, 0.6) is 5.75 Å². The Bertz CT molecular complexity index is 1670. The van der Waals surface area contributed by atoms with Crippen LogP contribution >= 0.6 is 11.6 Å². The molecular weight excluding hydrogens is 700 g/mol. The Balaban J connectivity index is 1.43. The van der Waals surface area contributed by atoms with Gasteiger partial charge < -0.3 is 24.2 Å². The molecule has 1 fully saturated rings. The monoisotopic (exact) mass is 756 g/mol. The van der Waals surface area contributed by atoms with Crippen molar-refractivity contribution >= 4 is 33.2 Å². The molecular formula is C41H57ClN2O7S. The number of benzene rings is 2. The molecule has 1 heterocycles. The number of aliphatic hydroxyl groups excluding tert-OH is 1. The summed E-state index contributed by atoms with van der Waals surface area (Å²) >= 11 is 6.45. The van der Waals surface area contributed by atoms with Gasteiger partial charge in [0.25, 0.3) is 5.91 Å². The van der Waals surface area contributed by atoms with E-state index >= 15 is 0 Å². The number of rotatable bonds is 18. The Morgan fingerprint density at radius 3 is 2.77 bits per heavy atom. The number of halogens is 1. The summed E-state index contributed by atoms with van der Waals surface area (Å²) in [5.74, 6) is 0.0694. The molecule has 0 saturated heterocycles. The summed E-state index contributed by atoms with van der Waals surface area (Å²) in [6, 6.07) is 11.4. The highest BCUT2D eigenvalue weighted by molar-refractivity contribution is 7.90. The van der Waals surface area contributed by atoms with Crippen molar-refractivity contribution in [2.45, 2.75) is 88.4 Å². The molecule has 6 atom stereocenters. The van der Waals surface area contributed by atoms with Gasteiger partial charge in [-0.3, -0.25) is 4.79 Å². The lowest BCUT2D eigenvalue weighted by Crippen LogP contribution is -2.49. The van der Waals surface area contributed by atoms with Crippen LogP contribution in [0.15, 0.2) is 61.2 Å². The summed E-state index contributed by atoms with van der Waals surface area (Å²) in [5, 5.41) is 11.0. The van der Waals surface area contributed by atoms with E-state index in [1.165, 1.54) is 11.1 Å². The van der Waals surface area contributed by atoms with E-state index in [2.05, 4.69) is 41.3 Å². The molecule has 11 heteroatoms. The maximum Gasteiger partial charge on any atom is 0.264 e. The fourth-order valence-electron chi connectivity index (χ4n) is 8.22. The first-order valence-corrected chi connectivity index (χ1v) is 20.8. The Morgan fingerprint density at radius 1 is 1.21 bits per heavy atom. The van der Waals surface area contributed by atoms with Gasteiger partial charge in [0, 0.05) is 42.8 Å². The third kappa shape index (κ3) is 9.61. The van der Waals surface area contributed by atoms with Crippen molar-refractivity contribution in [3.05, 3.63) is 82.9 Å². The van der Waals surface area contributed by atoms with Crippen LogP contribution < -0.4 is 14.4 Å². The van der Waals surface area contributed by atoms with E-state index in [1.807, 2.05) is 19.1 Å². The molecule has 9 nitrogen and oxygen atoms in total. The normalized spacial score (nSPS) is 23.1. The lowest BCUT2D eigenvalue weighted by Gasteiger charge is -2.45. The van der Waals surface area contributed by atoms with Gasteiger partial charge in [-0.25, -0.2) is 13.1 Å². The largest absolute Gasteiger partial charge is 0.490 e. The minimum absolute atomic E-state index is 0.138. The Morgan fingerprint density at radius 2 is 2.04 bits per heavy atom. The number of carbonyl (C=O) groups is 1. The summed E-state index contributed by atoms with van der Waals surface area (Å²) in [6.45, 7) is 10.6. The molecule has 52 heavy (non-hydrogen) atoms. The van der Waals surface area contributed by atoms with Gasteiger partial charge in [-0.15, -0.1) is 6.58 Å². The number of amides is 1. The summed E-state index contributed by atoms with van der Waals surface area (Å²) in [7, 11) is -2.49. The fourth-order valence-corrected chi connectivity index (χ4v) is 10.1. The topological polar surface area (TPSA) is 114 Å². The number of fused-ring (bicyclic) bond motifs is 3. The number of unbranched alkanes of at least 4 members (excludes halogenated alkanes) is 1. The molecule has 1 aliphatic heterocycles. The molecule has 2 N–H and O–H groups in total. The van der Waals surface area contributed by atoms with E-state index in [0.717, 1.165) is 55.7 Å².